The van der Waals surface area contributed by atoms with Gasteiger partial charge in [0.05, 0.1) is 0 Å². The van der Waals surface area contributed by atoms with Crippen LogP contribution in [0.1, 0.15) is 12.5 Å². The van der Waals surface area contributed by atoms with E-state index < -0.39 is 0 Å². The molecule has 0 aliphatic rings. The van der Waals surface area contributed by atoms with Crippen molar-refractivity contribution in [2.24, 2.45) is 0 Å². The smallest absolute Gasteiger partial charge is 0.0417 e. The molecule has 0 aromatic heterocycles. The van der Waals surface area contributed by atoms with Gasteiger partial charge in [0.15, 0.2) is 0 Å². The Labute approximate surface area is 98.3 Å². The van der Waals surface area contributed by atoms with Crippen LogP contribution in [-0.4, -0.2) is 13.1 Å². The summed E-state index contributed by atoms with van der Waals surface area (Å²) in [6.45, 7) is 3.98. The van der Waals surface area contributed by atoms with Gasteiger partial charge >= 0.3 is 0 Å². The largest absolute Gasteiger partial charge is 0.314 e. The number of benzene rings is 1. The van der Waals surface area contributed by atoms with Crippen molar-refractivity contribution < 1.29 is 0 Å². The van der Waals surface area contributed by atoms with Gasteiger partial charge in [-0.2, -0.15) is 0 Å². The van der Waals surface area contributed by atoms with Crippen LogP contribution in [0.2, 0.25) is 5.02 Å². The van der Waals surface area contributed by atoms with Crippen molar-refractivity contribution in [3.63, 3.8) is 0 Å². The number of likely N-dealkylation sites (N-methyl/N-ethyl adjacent to an activating group) is 1. The van der Waals surface area contributed by atoms with E-state index in [2.05, 4.69) is 40.3 Å². The lowest BCUT2D eigenvalue weighted by molar-refractivity contribution is 0.801. The molecule has 14 heavy (non-hydrogen) atoms. The van der Waals surface area contributed by atoms with Crippen molar-refractivity contribution >= 4 is 33.6 Å². The highest BCUT2D eigenvalue weighted by Crippen LogP contribution is 2.22. The van der Waals surface area contributed by atoms with Crippen LogP contribution in [0.25, 0.3) is 6.08 Å². The number of nitrogens with one attached hydrogen (secondary N) is 1. The first-order valence-corrected chi connectivity index (χ1v) is 5.73. The third-order valence-corrected chi connectivity index (χ3v) is 2.69. The molecule has 76 valence electrons. The molecule has 0 saturated heterocycles. The lowest BCUT2D eigenvalue weighted by Crippen LogP contribution is -2.11. The summed E-state index contributed by atoms with van der Waals surface area (Å²) in [5.74, 6) is 0. The van der Waals surface area contributed by atoms with Gasteiger partial charge in [-0.3, -0.25) is 0 Å². The summed E-state index contributed by atoms with van der Waals surface area (Å²) in [5.41, 5.74) is 1.15. The fourth-order valence-corrected chi connectivity index (χ4v) is 1.87. The van der Waals surface area contributed by atoms with Gasteiger partial charge in [0, 0.05) is 16.0 Å². The van der Waals surface area contributed by atoms with Gasteiger partial charge in [-0.05, 0) is 24.2 Å². The zero-order valence-electron chi connectivity index (χ0n) is 8.06. The van der Waals surface area contributed by atoms with Crippen LogP contribution in [0.3, 0.4) is 0 Å². The Balaban J connectivity index is 2.62. The molecule has 1 nitrogen and oxygen atoms in total. The molecule has 0 fully saturated rings. The second kappa shape index (κ2) is 6.23. The molecule has 0 aliphatic heterocycles. The van der Waals surface area contributed by atoms with Crippen molar-refractivity contribution in [2.45, 2.75) is 6.92 Å². The topological polar surface area (TPSA) is 12.0 Å². The van der Waals surface area contributed by atoms with Crippen LogP contribution in [0.15, 0.2) is 28.7 Å². The molecule has 0 atom stereocenters. The number of hydrogen-bond acceptors (Lipinski definition) is 1. The first-order valence-electron chi connectivity index (χ1n) is 4.56. The van der Waals surface area contributed by atoms with E-state index in [1.165, 1.54) is 0 Å². The first kappa shape index (κ1) is 11.8. The van der Waals surface area contributed by atoms with Crippen molar-refractivity contribution in [3.8, 4) is 0 Å². The normalized spacial score (nSPS) is 11.1. The predicted molar refractivity (Wildman–Crippen MR) is 66.7 cm³/mol. The van der Waals surface area contributed by atoms with E-state index in [9.17, 15) is 0 Å². The van der Waals surface area contributed by atoms with Crippen molar-refractivity contribution in [1.82, 2.24) is 5.32 Å². The lowest BCUT2D eigenvalue weighted by atomic mass is 10.2. The minimum absolute atomic E-state index is 0.751. The first-order chi connectivity index (χ1) is 6.74. The molecule has 0 aliphatic carbocycles. The lowest BCUT2D eigenvalue weighted by Gasteiger charge is -1.99. The van der Waals surface area contributed by atoms with Crippen molar-refractivity contribution in [2.75, 3.05) is 13.1 Å². The molecule has 0 saturated carbocycles. The molecule has 1 rings (SSSR count). The molecular formula is C11H13BrClN. The van der Waals surface area contributed by atoms with Crippen LogP contribution in [0.4, 0.5) is 0 Å². The Bertz CT molecular complexity index is 323. The SMILES string of the molecule is CCNC/C=C/c1ccc(Cl)cc1Br. The minimum atomic E-state index is 0.751. The van der Waals surface area contributed by atoms with Crippen LogP contribution in [0.5, 0.6) is 0 Å². The van der Waals surface area contributed by atoms with E-state index in [0.717, 1.165) is 28.1 Å². The van der Waals surface area contributed by atoms with Crippen LogP contribution < -0.4 is 5.32 Å². The van der Waals surface area contributed by atoms with Gasteiger partial charge in [0.2, 0.25) is 0 Å². The highest BCUT2D eigenvalue weighted by molar-refractivity contribution is 9.10. The monoisotopic (exact) mass is 273 g/mol. The van der Waals surface area contributed by atoms with Crippen LogP contribution in [-0.2, 0) is 0 Å². The Hall–Kier alpha value is -0.310. The second-order valence-corrected chi connectivity index (χ2v) is 4.17. The number of rotatable bonds is 4. The molecule has 1 aromatic carbocycles. The van der Waals surface area contributed by atoms with Gasteiger partial charge in [0.25, 0.3) is 0 Å². The summed E-state index contributed by atoms with van der Waals surface area (Å²) in [7, 11) is 0. The Kier molecular flexibility index (Phi) is 5.23. The number of hydrogen-bond donors (Lipinski definition) is 1. The summed E-state index contributed by atoms with van der Waals surface area (Å²) >= 11 is 9.29. The maximum Gasteiger partial charge on any atom is 0.0417 e. The van der Waals surface area contributed by atoms with E-state index in [-0.39, 0.29) is 0 Å². The zero-order chi connectivity index (χ0) is 10.4. The standard InChI is InChI=1S/C11H13BrClN/c1-2-14-7-3-4-9-5-6-10(13)8-11(9)12/h3-6,8,14H,2,7H2,1H3/b4-3+. The van der Waals surface area contributed by atoms with Gasteiger partial charge in [-0.25, -0.2) is 0 Å². The fraction of sp³-hybridized carbons (Fsp3) is 0.273. The van der Waals surface area contributed by atoms with Gasteiger partial charge in [-0.15, -0.1) is 0 Å². The van der Waals surface area contributed by atoms with Crippen molar-refractivity contribution in [3.05, 3.63) is 39.3 Å². The Morgan fingerprint density at radius 2 is 2.29 bits per heavy atom. The van der Waals surface area contributed by atoms with Gasteiger partial charge in [0.1, 0.15) is 0 Å². The summed E-state index contributed by atoms with van der Waals surface area (Å²) < 4.78 is 1.03. The molecule has 3 heteroatoms. The average molecular weight is 275 g/mol. The maximum absolute atomic E-state index is 5.83. The zero-order valence-corrected chi connectivity index (χ0v) is 10.4. The Morgan fingerprint density at radius 3 is 2.93 bits per heavy atom. The summed E-state index contributed by atoms with van der Waals surface area (Å²) in [4.78, 5) is 0. The van der Waals surface area contributed by atoms with E-state index >= 15 is 0 Å². The van der Waals surface area contributed by atoms with E-state index in [0.29, 0.717) is 0 Å². The quantitative estimate of drug-likeness (QED) is 0.825. The highest BCUT2D eigenvalue weighted by Gasteiger charge is 1.95. The highest BCUT2D eigenvalue weighted by atomic mass is 79.9. The van der Waals surface area contributed by atoms with E-state index in [4.69, 9.17) is 11.6 Å². The molecule has 1 aromatic rings. The molecule has 1 N–H and O–H groups in total. The average Bonchev–Trinajstić information content (AvgIpc) is 2.15. The Morgan fingerprint density at radius 1 is 1.50 bits per heavy atom. The maximum atomic E-state index is 5.83. The number of halogens is 2. The fourth-order valence-electron chi connectivity index (χ4n) is 1.05. The summed E-state index contributed by atoms with van der Waals surface area (Å²) in [5, 5.41) is 3.97. The van der Waals surface area contributed by atoms with Gasteiger partial charge in [-0.1, -0.05) is 52.7 Å². The van der Waals surface area contributed by atoms with Crippen LogP contribution in [0, 0.1) is 0 Å². The van der Waals surface area contributed by atoms with Crippen LogP contribution >= 0.6 is 27.5 Å². The van der Waals surface area contributed by atoms with E-state index in [1.807, 2.05) is 18.2 Å². The summed E-state index contributed by atoms with van der Waals surface area (Å²) in [6, 6.07) is 5.78. The molecule has 0 spiro atoms. The van der Waals surface area contributed by atoms with Crippen molar-refractivity contribution in [1.29, 1.82) is 0 Å². The second-order valence-electron chi connectivity index (χ2n) is 2.88. The third kappa shape index (κ3) is 3.82. The molecule has 0 amide bonds. The molecule has 0 bridgehead atoms. The van der Waals surface area contributed by atoms with E-state index in [1.54, 1.807) is 0 Å². The summed E-state index contributed by atoms with van der Waals surface area (Å²) in [6.07, 6.45) is 4.17. The minimum Gasteiger partial charge on any atom is -0.314 e. The molecule has 0 unspecified atom stereocenters. The predicted octanol–water partition coefficient (Wildman–Crippen LogP) is 3.73. The van der Waals surface area contributed by atoms with Gasteiger partial charge < -0.3 is 5.32 Å². The third-order valence-electron chi connectivity index (χ3n) is 1.77. The molecule has 0 radical (unpaired) electrons. The molecule has 0 heterocycles. The molecular weight excluding hydrogens is 261 g/mol.